The number of aryl methyl sites for hydroxylation is 1. The van der Waals surface area contributed by atoms with E-state index in [1.807, 2.05) is 30.3 Å². The van der Waals surface area contributed by atoms with E-state index in [2.05, 4.69) is 33.5 Å². The third kappa shape index (κ3) is 3.65. The molecule has 1 aromatic heterocycles. The van der Waals surface area contributed by atoms with Crippen LogP contribution in [0.15, 0.2) is 48.5 Å². The van der Waals surface area contributed by atoms with E-state index in [9.17, 15) is 0 Å². The summed E-state index contributed by atoms with van der Waals surface area (Å²) in [5, 5.41) is 3.46. The number of ether oxygens (including phenoxy) is 1. The van der Waals surface area contributed by atoms with Crippen molar-refractivity contribution in [1.82, 2.24) is 15.3 Å². The summed E-state index contributed by atoms with van der Waals surface area (Å²) in [5.74, 6) is 1.96. The molecule has 4 nitrogen and oxygen atoms in total. The van der Waals surface area contributed by atoms with Crippen LogP contribution in [-0.4, -0.2) is 23.6 Å². The van der Waals surface area contributed by atoms with Gasteiger partial charge in [0, 0.05) is 13.0 Å². The average Bonchev–Trinajstić information content (AvgIpc) is 2.98. The number of methoxy groups -OCH3 is 1. The van der Waals surface area contributed by atoms with Gasteiger partial charge in [0.25, 0.3) is 0 Å². The minimum atomic E-state index is 0.879. The molecule has 0 bridgehead atoms. The van der Waals surface area contributed by atoms with Gasteiger partial charge in [-0.1, -0.05) is 24.3 Å². The first-order valence-electron chi connectivity index (χ1n) is 7.62. The van der Waals surface area contributed by atoms with Gasteiger partial charge in [-0.05, 0) is 42.8 Å². The molecule has 0 amide bonds. The van der Waals surface area contributed by atoms with Crippen molar-refractivity contribution in [2.75, 3.05) is 13.7 Å². The van der Waals surface area contributed by atoms with E-state index < -0.39 is 0 Å². The molecule has 0 saturated heterocycles. The van der Waals surface area contributed by atoms with Gasteiger partial charge in [0.1, 0.15) is 11.6 Å². The highest BCUT2D eigenvalue weighted by atomic mass is 16.5. The Labute approximate surface area is 130 Å². The molecule has 0 aliphatic carbocycles. The van der Waals surface area contributed by atoms with Crippen molar-refractivity contribution in [3.05, 3.63) is 59.9 Å². The molecule has 2 N–H and O–H groups in total. The fourth-order valence-electron chi connectivity index (χ4n) is 2.48. The molecule has 0 saturated carbocycles. The minimum Gasteiger partial charge on any atom is -0.497 e. The number of aromatic nitrogens is 2. The topological polar surface area (TPSA) is 49.9 Å². The number of nitrogens with zero attached hydrogens (tertiary/aromatic N) is 1. The standard InChI is InChI=1S/C18H21N3O/c1-22-15-10-8-14(9-11-15)13-19-12-4-7-18-20-16-5-2-3-6-17(16)21-18/h2-3,5-6,8-11,19H,4,7,12-13H2,1H3,(H,20,21). The van der Waals surface area contributed by atoms with E-state index in [0.29, 0.717) is 0 Å². The predicted molar refractivity (Wildman–Crippen MR) is 89.1 cm³/mol. The largest absolute Gasteiger partial charge is 0.497 e. The smallest absolute Gasteiger partial charge is 0.118 e. The predicted octanol–water partition coefficient (Wildman–Crippen LogP) is 3.29. The first kappa shape index (κ1) is 14.6. The van der Waals surface area contributed by atoms with Crippen LogP contribution in [0.25, 0.3) is 11.0 Å². The van der Waals surface area contributed by atoms with E-state index in [4.69, 9.17) is 4.74 Å². The fourth-order valence-corrected chi connectivity index (χ4v) is 2.48. The van der Waals surface area contributed by atoms with Crippen molar-refractivity contribution < 1.29 is 4.74 Å². The third-order valence-electron chi connectivity index (χ3n) is 3.69. The van der Waals surface area contributed by atoms with E-state index in [0.717, 1.165) is 48.5 Å². The first-order valence-corrected chi connectivity index (χ1v) is 7.62. The molecule has 0 radical (unpaired) electrons. The van der Waals surface area contributed by atoms with Gasteiger partial charge in [0.15, 0.2) is 0 Å². The molecule has 0 atom stereocenters. The SMILES string of the molecule is COc1ccc(CNCCCc2nc3ccccc3[nH]2)cc1. The van der Waals surface area contributed by atoms with Crippen molar-refractivity contribution in [3.63, 3.8) is 0 Å². The van der Waals surface area contributed by atoms with Crippen molar-refractivity contribution in [2.45, 2.75) is 19.4 Å². The Morgan fingerprint density at radius 1 is 1.09 bits per heavy atom. The average molecular weight is 295 g/mol. The number of benzene rings is 2. The zero-order chi connectivity index (χ0) is 15.2. The summed E-state index contributed by atoms with van der Waals surface area (Å²) in [7, 11) is 1.69. The molecule has 22 heavy (non-hydrogen) atoms. The van der Waals surface area contributed by atoms with E-state index in [1.54, 1.807) is 7.11 Å². The van der Waals surface area contributed by atoms with Crippen molar-refractivity contribution in [3.8, 4) is 5.75 Å². The summed E-state index contributed by atoms with van der Waals surface area (Å²) in [6.07, 6.45) is 2.03. The number of imidazole rings is 1. The molecule has 0 fully saturated rings. The van der Waals surface area contributed by atoms with Gasteiger partial charge in [-0.3, -0.25) is 0 Å². The summed E-state index contributed by atoms with van der Waals surface area (Å²) in [5.41, 5.74) is 3.43. The fraction of sp³-hybridized carbons (Fsp3) is 0.278. The lowest BCUT2D eigenvalue weighted by atomic mass is 10.2. The van der Waals surface area contributed by atoms with Gasteiger partial charge in [0.2, 0.25) is 0 Å². The van der Waals surface area contributed by atoms with Crippen molar-refractivity contribution in [1.29, 1.82) is 0 Å². The quantitative estimate of drug-likeness (QED) is 0.658. The van der Waals surface area contributed by atoms with Crippen molar-refractivity contribution >= 4 is 11.0 Å². The lowest BCUT2D eigenvalue weighted by Gasteiger charge is -2.05. The maximum atomic E-state index is 5.16. The Kier molecular flexibility index (Phi) is 4.71. The second-order valence-electron chi connectivity index (χ2n) is 5.33. The van der Waals surface area contributed by atoms with Crippen LogP contribution in [0.5, 0.6) is 5.75 Å². The van der Waals surface area contributed by atoms with Gasteiger partial charge < -0.3 is 15.0 Å². The Balaban J connectivity index is 1.41. The van der Waals surface area contributed by atoms with Crippen molar-refractivity contribution in [2.24, 2.45) is 0 Å². The highest BCUT2D eigenvalue weighted by molar-refractivity contribution is 5.74. The molecule has 1 heterocycles. The number of fused-ring (bicyclic) bond motifs is 1. The highest BCUT2D eigenvalue weighted by Crippen LogP contribution is 2.12. The second kappa shape index (κ2) is 7.09. The number of rotatable bonds is 7. The number of hydrogen-bond acceptors (Lipinski definition) is 3. The lowest BCUT2D eigenvalue weighted by molar-refractivity contribution is 0.414. The number of hydrogen-bond donors (Lipinski definition) is 2. The summed E-state index contributed by atoms with van der Waals surface area (Å²) in [6.45, 7) is 1.85. The summed E-state index contributed by atoms with van der Waals surface area (Å²) < 4.78 is 5.16. The van der Waals surface area contributed by atoms with Crippen LogP contribution in [0.4, 0.5) is 0 Å². The zero-order valence-corrected chi connectivity index (χ0v) is 12.8. The molecular formula is C18H21N3O. The Hall–Kier alpha value is -2.33. The summed E-state index contributed by atoms with van der Waals surface area (Å²) in [6, 6.07) is 16.3. The number of para-hydroxylation sites is 2. The van der Waals surface area contributed by atoms with Gasteiger partial charge in [-0.2, -0.15) is 0 Å². The first-order chi connectivity index (χ1) is 10.8. The van der Waals surface area contributed by atoms with Crippen LogP contribution in [0, 0.1) is 0 Å². The molecule has 0 unspecified atom stereocenters. The van der Waals surface area contributed by atoms with Gasteiger partial charge in [-0.25, -0.2) is 4.98 Å². The normalized spacial score (nSPS) is 11.0. The van der Waals surface area contributed by atoms with Gasteiger partial charge in [-0.15, -0.1) is 0 Å². The van der Waals surface area contributed by atoms with E-state index in [1.165, 1.54) is 5.56 Å². The molecule has 0 aliphatic heterocycles. The number of nitrogens with one attached hydrogen (secondary N) is 2. The van der Waals surface area contributed by atoms with Crippen LogP contribution in [-0.2, 0) is 13.0 Å². The Morgan fingerprint density at radius 2 is 1.91 bits per heavy atom. The molecular weight excluding hydrogens is 274 g/mol. The van der Waals surface area contributed by atoms with E-state index >= 15 is 0 Å². The Bertz CT molecular complexity index is 686. The van der Waals surface area contributed by atoms with Crippen LogP contribution in [0.2, 0.25) is 0 Å². The maximum Gasteiger partial charge on any atom is 0.118 e. The molecule has 4 heteroatoms. The molecule has 0 spiro atoms. The lowest BCUT2D eigenvalue weighted by Crippen LogP contribution is -2.15. The molecule has 3 aromatic rings. The molecule has 0 aliphatic rings. The number of aromatic amines is 1. The zero-order valence-electron chi connectivity index (χ0n) is 12.8. The molecule has 114 valence electrons. The van der Waals surface area contributed by atoms with Crippen LogP contribution >= 0.6 is 0 Å². The monoisotopic (exact) mass is 295 g/mol. The summed E-state index contributed by atoms with van der Waals surface area (Å²) >= 11 is 0. The second-order valence-corrected chi connectivity index (χ2v) is 5.33. The van der Waals surface area contributed by atoms with Gasteiger partial charge in [0.05, 0.1) is 18.1 Å². The Morgan fingerprint density at radius 3 is 2.68 bits per heavy atom. The van der Waals surface area contributed by atoms with Gasteiger partial charge >= 0.3 is 0 Å². The van der Waals surface area contributed by atoms with E-state index in [-0.39, 0.29) is 0 Å². The minimum absolute atomic E-state index is 0.879. The highest BCUT2D eigenvalue weighted by Gasteiger charge is 2.01. The van der Waals surface area contributed by atoms with Crippen LogP contribution < -0.4 is 10.1 Å². The van der Waals surface area contributed by atoms with Crippen LogP contribution in [0.3, 0.4) is 0 Å². The molecule has 2 aromatic carbocycles. The number of H-pyrrole nitrogens is 1. The molecule has 3 rings (SSSR count). The maximum absolute atomic E-state index is 5.16. The van der Waals surface area contributed by atoms with Crippen LogP contribution in [0.1, 0.15) is 17.8 Å². The third-order valence-corrected chi connectivity index (χ3v) is 3.69. The summed E-state index contributed by atoms with van der Waals surface area (Å²) in [4.78, 5) is 7.95.